The van der Waals surface area contributed by atoms with Crippen LogP contribution in [0.25, 0.3) is 11.2 Å². The molecule has 0 saturated heterocycles. The molecule has 2 heterocycles. The molecule has 1 aliphatic rings. The van der Waals surface area contributed by atoms with E-state index in [1.807, 2.05) is 19.1 Å². The zero-order valence-corrected chi connectivity index (χ0v) is 8.77. The maximum atomic E-state index is 5.93. The number of imidazole rings is 1. The van der Waals surface area contributed by atoms with Crippen LogP contribution in [0.1, 0.15) is 31.0 Å². The number of nitrogens with zero attached hydrogens (tertiary/aromatic N) is 3. The maximum absolute atomic E-state index is 5.93. The summed E-state index contributed by atoms with van der Waals surface area (Å²) in [5.41, 5.74) is 8.79. The molecule has 0 aromatic carbocycles. The van der Waals surface area contributed by atoms with Crippen LogP contribution in [0.2, 0.25) is 0 Å². The molecule has 15 heavy (non-hydrogen) atoms. The van der Waals surface area contributed by atoms with Gasteiger partial charge in [-0.25, -0.2) is 9.97 Å². The van der Waals surface area contributed by atoms with Crippen LogP contribution in [0.15, 0.2) is 12.1 Å². The van der Waals surface area contributed by atoms with Gasteiger partial charge < -0.3 is 5.73 Å². The summed E-state index contributed by atoms with van der Waals surface area (Å²) in [4.78, 5) is 8.86. The number of hydrogen-bond acceptors (Lipinski definition) is 3. The zero-order valence-electron chi connectivity index (χ0n) is 8.77. The van der Waals surface area contributed by atoms with Gasteiger partial charge in [-0.3, -0.25) is 4.57 Å². The van der Waals surface area contributed by atoms with Crippen molar-refractivity contribution in [1.82, 2.24) is 14.5 Å². The molecule has 2 aromatic rings. The number of anilines is 1. The van der Waals surface area contributed by atoms with E-state index in [1.54, 1.807) is 0 Å². The Bertz CT molecular complexity index is 511. The standard InChI is InChI=1S/C11H14N4/c1-7-5-6-9-10(13-7)15(11(12)14-9)8-3-2-4-8/h5-6,8H,2-4H2,1H3,(H2,12,14). The molecule has 2 aromatic heterocycles. The molecule has 0 bridgehead atoms. The third-order valence-corrected chi connectivity index (χ3v) is 3.14. The first-order valence-corrected chi connectivity index (χ1v) is 5.37. The summed E-state index contributed by atoms with van der Waals surface area (Å²) in [7, 11) is 0. The molecule has 0 atom stereocenters. The molecule has 4 heteroatoms. The third kappa shape index (κ3) is 1.21. The van der Waals surface area contributed by atoms with Crippen molar-refractivity contribution in [2.75, 3.05) is 5.73 Å². The number of pyridine rings is 1. The van der Waals surface area contributed by atoms with Crippen LogP contribution >= 0.6 is 0 Å². The van der Waals surface area contributed by atoms with Gasteiger partial charge in [-0.05, 0) is 38.3 Å². The Morgan fingerprint density at radius 1 is 1.33 bits per heavy atom. The second-order valence-electron chi connectivity index (χ2n) is 4.22. The van der Waals surface area contributed by atoms with Gasteiger partial charge >= 0.3 is 0 Å². The lowest BCUT2D eigenvalue weighted by atomic mass is 9.93. The molecule has 1 aliphatic carbocycles. The van der Waals surface area contributed by atoms with Gasteiger partial charge in [0.25, 0.3) is 0 Å². The fourth-order valence-electron chi connectivity index (χ4n) is 2.09. The molecule has 3 rings (SSSR count). The highest BCUT2D eigenvalue weighted by atomic mass is 15.2. The molecule has 2 N–H and O–H groups in total. The molecule has 0 radical (unpaired) electrons. The van der Waals surface area contributed by atoms with Crippen LogP contribution in [0, 0.1) is 6.92 Å². The van der Waals surface area contributed by atoms with E-state index in [9.17, 15) is 0 Å². The van der Waals surface area contributed by atoms with Gasteiger partial charge in [0.15, 0.2) is 5.65 Å². The van der Waals surface area contributed by atoms with Gasteiger partial charge in [0.1, 0.15) is 5.52 Å². The fraction of sp³-hybridized carbons (Fsp3) is 0.455. The highest BCUT2D eigenvalue weighted by Gasteiger charge is 2.24. The van der Waals surface area contributed by atoms with E-state index < -0.39 is 0 Å². The number of rotatable bonds is 1. The number of aromatic nitrogens is 3. The summed E-state index contributed by atoms with van der Waals surface area (Å²) >= 11 is 0. The average Bonchev–Trinajstić information content (AvgIpc) is 2.42. The molecule has 1 fully saturated rings. The molecule has 78 valence electrons. The monoisotopic (exact) mass is 202 g/mol. The van der Waals surface area contributed by atoms with Gasteiger partial charge in [0.05, 0.1) is 0 Å². The summed E-state index contributed by atoms with van der Waals surface area (Å²) in [5, 5.41) is 0. The minimum Gasteiger partial charge on any atom is -0.369 e. The van der Waals surface area contributed by atoms with Crippen LogP contribution in [0.5, 0.6) is 0 Å². The molecule has 4 nitrogen and oxygen atoms in total. The van der Waals surface area contributed by atoms with Crippen molar-refractivity contribution in [3.05, 3.63) is 17.8 Å². The van der Waals surface area contributed by atoms with Crippen LogP contribution in [-0.2, 0) is 0 Å². The number of nitrogens with two attached hydrogens (primary N) is 1. The Kier molecular flexibility index (Phi) is 1.71. The highest BCUT2D eigenvalue weighted by molar-refractivity contribution is 5.74. The van der Waals surface area contributed by atoms with Crippen LogP contribution in [-0.4, -0.2) is 14.5 Å². The molecule has 1 saturated carbocycles. The summed E-state index contributed by atoms with van der Waals surface area (Å²) in [6.45, 7) is 1.99. The van der Waals surface area contributed by atoms with Gasteiger partial charge in [-0.2, -0.15) is 0 Å². The molecule has 0 aliphatic heterocycles. The topological polar surface area (TPSA) is 56.7 Å². The quantitative estimate of drug-likeness (QED) is 0.770. The summed E-state index contributed by atoms with van der Waals surface area (Å²) < 4.78 is 2.09. The molecule has 0 unspecified atom stereocenters. The smallest absolute Gasteiger partial charge is 0.202 e. The summed E-state index contributed by atoms with van der Waals surface area (Å²) in [6.07, 6.45) is 3.69. The maximum Gasteiger partial charge on any atom is 0.202 e. The molecular weight excluding hydrogens is 188 g/mol. The lowest BCUT2D eigenvalue weighted by Crippen LogP contribution is -2.19. The Morgan fingerprint density at radius 2 is 2.13 bits per heavy atom. The predicted octanol–water partition coefficient (Wildman–Crippen LogP) is 2.05. The number of aryl methyl sites for hydroxylation is 1. The predicted molar refractivity (Wildman–Crippen MR) is 59.6 cm³/mol. The summed E-state index contributed by atoms with van der Waals surface area (Å²) in [6, 6.07) is 4.48. The second-order valence-corrected chi connectivity index (χ2v) is 4.22. The van der Waals surface area contributed by atoms with E-state index in [1.165, 1.54) is 19.3 Å². The van der Waals surface area contributed by atoms with Gasteiger partial charge in [-0.1, -0.05) is 0 Å². The number of nitrogen functional groups attached to an aromatic ring is 1. The molecule has 0 amide bonds. The first-order chi connectivity index (χ1) is 7.25. The van der Waals surface area contributed by atoms with Crippen LogP contribution in [0.4, 0.5) is 5.95 Å². The van der Waals surface area contributed by atoms with Crippen molar-refractivity contribution >= 4 is 17.1 Å². The van der Waals surface area contributed by atoms with Gasteiger partial charge in [-0.15, -0.1) is 0 Å². The lowest BCUT2D eigenvalue weighted by molar-refractivity contribution is 0.322. The highest BCUT2D eigenvalue weighted by Crippen LogP contribution is 2.35. The lowest BCUT2D eigenvalue weighted by Gasteiger charge is -2.27. The van der Waals surface area contributed by atoms with Crippen molar-refractivity contribution < 1.29 is 0 Å². The van der Waals surface area contributed by atoms with Gasteiger partial charge in [0, 0.05) is 11.7 Å². The van der Waals surface area contributed by atoms with E-state index in [0.717, 1.165) is 16.9 Å². The fourth-order valence-corrected chi connectivity index (χ4v) is 2.09. The average molecular weight is 202 g/mol. The minimum absolute atomic E-state index is 0.518. The van der Waals surface area contributed by atoms with Crippen molar-refractivity contribution in [1.29, 1.82) is 0 Å². The van der Waals surface area contributed by atoms with Crippen LogP contribution < -0.4 is 5.73 Å². The van der Waals surface area contributed by atoms with E-state index in [4.69, 9.17) is 5.73 Å². The Balaban J connectivity index is 2.25. The normalized spacial score (nSPS) is 16.9. The van der Waals surface area contributed by atoms with Gasteiger partial charge in [0.2, 0.25) is 5.95 Å². The van der Waals surface area contributed by atoms with Crippen molar-refractivity contribution in [2.45, 2.75) is 32.2 Å². The largest absolute Gasteiger partial charge is 0.369 e. The number of hydrogen-bond donors (Lipinski definition) is 1. The second kappa shape index (κ2) is 2.95. The SMILES string of the molecule is Cc1ccc2nc(N)n(C3CCC3)c2n1. The summed E-state index contributed by atoms with van der Waals surface area (Å²) in [5.74, 6) is 0.604. The van der Waals surface area contributed by atoms with E-state index >= 15 is 0 Å². The van der Waals surface area contributed by atoms with E-state index in [0.29, 0.717) is 12.0 Å². The molecular formula is C11H14N4. The molecule has 0 spiro atoms. The van der Waals surface area contributed by atoms with E-state index in [-0.39, 0.29) is 0 Å². The van der Waals surface area contributed by atoms with Crippen molar-refractivity contribution in [3.63, 3.8) is 0 Å². The first kappa shape index (κ1) is 8.71. The first-order valence-electron chi connectivity index (χ1n) is 5.37. The Hall–Kier alpha value is -1.58. The van der Waals surface area contributed by atoms with Crippen molar-refractivity contribution in [2.24, 2.45) is 0 Å². The third-order valence-electron chi connectivity index (χ3n) is 3.14. The Morgan fingerprint density at radius 3 is 2.80 bits per heavy atom. The zero-order chi connectivity index (χ0) is 10.4. The van der Waals surface area contributed by atoms with E-state index in [2.05, 4.69) is 14.5 Å². The van der Waals surface area contributed by atoms with Crippen molar-refractivity contribution in [3.8, 4) is 0 Å². The van der Waals surface area contributed by atoms with Crippen LogP contribution in [0.3, 0.4) is 0 Å². The Labute approximate surface area is 88.1 Å². The number of fused-ring (bicyclic) bond motifs is 1. The minimum atomic E-state index is 0.518.